The predicted octanol–water partition coefficient (Wildman–Crippen LogP) is 1.93. The first-order chi connectivity index (χ1) is 14.4. The number of likely N-dealkylation sites (N-methyl/N-ethyl adjacent to an activating group) is 1. The molecule has 2 aliphatic heterocycles. The monoisotopic (exact) mass is 439 g/mol. The molecule has 0 saturated carbocycles. The molecule has 0 spiro atoms. The summed E-state index contributed by atoms with van der Waals surface area (Å²) in [5, 5.41) is 2.78. The molecule has 0 aliphatic carbocycles. The number of amides is 1. The van der Waals surface area contributed by atoms with Crippen molar-refractivity contribution in [2.45, 2.75) is 50.2 Å². The van der Waals surface area contributed by atoms with Crippen molar-refractivity contribution >= 4 is 21.6 Å². The van der Waals surface area contributed by atoms with Crippen LogP contribution < -0.4 is 5.32 Å². The lowest BCUT2D eigenvalue weighted by atomic mass is 10.1. The second-order valence-electron chi connectivity index (χ2n) is 7.82. The zero-order valence-corrected chi connectivity index (χ0v) is 18.7. The van der Waals surface area contributed by atoms with Crippen LogP contribution in [0.25, 0.3) is 0 Å². The number of nitrogens with zero attached hydrogens (tertiary/aromatic N) is 2. The molecule has 2 atom stereocenters. The fourth-order valence-electron chi connectivity index (χ4n) is 3.66. The van der Waals surface area contributed by atoms with Crippen molar-refractivity contribution in [1.82, 2.24) is 9.21 Å². The Morgan fingerprint density at radius 2 is 1.90 bits per heavy atom. The van der Waals surface area contributed by atoms with Crippen molar-refractivity contribution in [3.63, 3.8) is 0 Å². The quantitative estimate of drug-likeness (QED) is 0.666. The molecule has 1 aromatic rings. The molecule has 9 heteroatoms. The number of sulfonamides is 1. The number of anilines is 1. The Balaban J connectivity index is 1.51. The lowest BCUT2D eigenvalue weighted by Gasteiger charge is -2.33. The van der Waals surface area contributed by atoms with E-state index >= 15 is 0 Å². The Kier molecular flexibility index (Phi) is 8.24. The summed E-state index contributed by atoms with van der Waals surface area (Å²) in [5.74, 6) is -0.267. The molecule has 2 aliphatic rings. The maximum Gasteiger partial charge on any atom is 0.253 e. The van der Waals surface area contributed by atoms with E-state index in [2.05, 4.69) is 17.1 Å². The minimum atomic E-state index is -3.52. The fraction of sp³-hybridized carbons (Fsp3) is 0.667. The van der Waals surface area contributed by atoms with Crippen LogP contribution in [-0.2, 0) is 24.3 Å². The topological polar surface area (TPSA) is 88.2 Å². The third-order valence-electron chi connectivity index (χ3n) is 5.71. The highest BCUT2D eigenvalue weighted by molar-refractivity contribution is 7.89. The summed E-state index contributed by atoms with van der Waals surface area (Å²) in [6.45, 7) is 8.33. The van der Waals surface area contributed by atoms with Crippen LogP contribution in [0.4, 0.5) is 5.69 Å². The lowest BCUT2D eigenvalue weighted by Crippen LogP contribution is -2.48. The van der Waals surface area contributed by atoms with Crippen LogP contribution in [0.3, 0.4) is 0 Å². The number of hydrogen-bond acceptors (Lipinski definition) is 6. The van der Waals surface area contributed by atoms with E-state index in [0.717, 1.165) is 45.5 Å². The Hall–Kier alpha value is -1.52. The van der Waals surface area contributed by atoms with Crippen LogP contribution in [0.15, 0.2) is 29.2 Å². The molecule has 168 valence electrons. The van der Waals surface area contributed by atoms with Gasteiger partial charge in [0.1, 0.15) is 6.10 Å². The van der Waals surface area contributed by atoms with E-state index in [1.807, 2.05) is 0 Å². The minimum absolute atomic E-state index is 0.0534. The van der Waals surface area contributed by atoms with Gasteiger partial charge in [-0.25, -0.2) is 8.42 Å². The maximum absolute atomic E-state index is 12.8. The molecule has 8 nitrogen and oxygen atoms in total. The Bertz CT molecular complexity index is 785. The molecule has 0 radical (unpaired) electrons. The van der Waals surface area contributed by atoms with Gasteiger partial charge in [-0.1, -0.05) is 6.92 Å². The van der Waals surface area contributed by atoms with Gasteiger partial charge in [0.05, 0.1) is 17.6 Å². The zero-order valence-electron chi connectivity index (χ0n) is 17.9. The average molecular weight is 440 g/mol. The Morgan fingerprint density at radius 3 is 2.50 bits per heavy atom. The number of ether oxygens (including phenoxy) is 2. The number of carbonyl (C=O) groups is 1. The van der Waals surface area contributed by atoms with Crippen LogP contribution >= 0.6 is 0 Å². The van der Waals surface area contributed by atoms with E-state index in [0.29, 0.717) is 25.4 Å². The molecule has 2 heterocycles. The normalized spacial score (nSPS) is 22.5. The van der Waals surface area contributed by atoms with E-state index in [1.54, 1.807) is 31.2 Å². The molecule has 2 fully saturated rings. The third kappa shape index (κ3) is 6.01. The van der Waals surface area contributed by atoms with E-state index in [-0.39, 0.29) is 16.9 Å². The highest BCUT2D eigenvalue weighted by atomic mass is 32.2. The van der Waals surface area contributed by atoms with Crippen LogP contribution in [0.2, 0.25) is 0 Å². The molecule has 1 N–H and O–H groups in total. The number of carbonyl (C=O) groups excluding carboxylic acids is 1. The van der Waals surface area contributed by atoms with Crippen molar-refractivity contribution in [2.24, 2.45) is 0 Å². The molecule has 2 saturated heterocycles. The van der Waals surface area contributed by atoms with Gasteiger partial charge in [-0.15, -0.1) is 0 Å². The number of benzene rings is 1. The van der Waals surface area contributed by atoms with E-state index in [4.69, 9.17) is 9.47 Å². The Morgan fingerprint density at radius 1 is 1.20 bits per heavy atom. The summed E-state index contributed by atoms with van der Waals surface area (Å²) in [6, 6.07) is 6.31. The zero-order chi connectivity index (χ0) is 21.6. The number of piperazine rings is 1. The molecule has 30 heavy (non-hydrogen) atoms. The van der Waals surface area contributed by atoms with Crippen LogP contribution in [-0.4, -0.2) is 81.7 Å². The summed E-state index contributed by atoms with van der Waals surface area (Å²) >= 11 is 0. The van der Waals surface area contributed by atoms with E-state index in [9.17, 15) is 13.2 Å². The SMILES string of the molecule is CCN1CCN(S(=O)(=O)c2ccc(NC(=O)C(C)OCC3CCCCO3)cc2)CC1. The molecular formula is C21H33N3O5S. The Labute approximate surface area is 179 Å². The average Bonchev–Trinajstić information content (AvgIpc) is 2.78. The van der Waals surface area contributed by atoms with Gasteiger partial charge in [-0.2, -0.15) is 4.31 Å². The van der Waals surface area contributed by atoms with Crippen molar-refractivity contribution in [2.75, 3.05) is 51.3 Å². The summed E-state index contributed by atoms with van der Waals surface area (Å²) in [4.78, 5) is 14.8. The highest BCUT2D eigenvalue weighted by Crippen LogP contribution is 2.20. The van der Waals surface area contributed by atoms with Gasteiger partial charge in [0.25, 0.3) is 5.91 Å². The van der Waals surface area contributed by atoms with Gasteiger partial charge in [0, 0.05) is 38.5 Å². The minimum Gasteiger partial charge on any atom is -0.376 e. The number of rotatable bonds is 8. The van der Waals surface area contributed by atoms with Crippen LogP contribution in [0, 0.1) is 0 Å². The fourth-order valence-corrected chi connectivity index (χ4v) is 5.08. The molecule has 2 unspecified atom stereocenters. The van der Waals surface area contributed by atoms with Crippen LogP contribution in [0.1, 0.15) is 33.1 Å². The first kappa shape index (κ1) is 23.1. The second-order valence-corrected chi connectivity index (χ2v) is 9.75. The highest BCUT2D eigenvalue weighted by Gasteiger charge is 2.28. The van der Waals surface area contributed by atoms with Crippen molar-refractivity contribution < 1.29 is 22.7 Å². The van der Waals surface area contributed by atoms with Crippen molar-refractivity contribution in [3.05, 3.63) is 24.3 Å². The lowest BCUT2D eigenvalue weighted by molar-refractivity contribution is -0.130. The number of hydrogen-bond donors (Lipinski definition) is 1. The van der Waals surface area contributed by atoms with E-state index < -0.39 is 16.1 Å². The third-order valence-corrected chi connectivity index (χ3v) is 7.63. The van der Waals surface area contributed by atoms with Crippen LogP contribution in [0.5, 0.6) is 0 Å². The van der Waals surface area contributed by atoms with Crippen molar-refractivity contribution in [3.8, 4) is 0 Å². The van der Waals surface area contributed by atoms with Gasteiger partial charge in [-0.3, -0.25) is 4.79 Å². The maximum atomic E-state index is 12.8. The summed E-state index contributed by atoms with van der Waals surface area (Å²) in [5.41, 5.74) is 0.541. The van der Waals surface area contributed by atoms with Gasteiger partial charge in [0.15, 0.2) is 0 Å². The second kappa shape index (κ2) is 10.7. The molecule has 0 aromatic heterocycles. The summed E-state index contributed by atoms with van der Waals surface area (Å²) in [7, 11) is -3.52. The van der Waals surface area contributed by atoms with Gasteiger partial charge < -0.3 is 19.7 Å². The summed E-state index contributed by atoms with van der Waals surface area (Å²) in [6.07, 6.45) is 2.59. The van der Waals surface area contributed by atoms with Gasteiger partial charge in [0.2, 0.25) is 10.0 Å². The molecular weight excluding hydrogens is 406 g/mol. The standard InChI is InChI=1S/C21H33N3O5S/c1-3-23-11-13-24(14-12-23)30(26,27)20-9-7-18(8-10-20)22-21(25)17(2)29-16-19-6-4-5-15-28-19/h7-10,17,19H,3-6,11-16H2,1-2H3,(H,22,25). The first-order valence-corrected chi connectivity index (χ1v) is 12.2. The first-order valence-electron chi connectivity index (χ1n) is 10.8. The molecule has 1 aromatic carbocycles. The largest absolute Gasteiger partial charge is 0.376 e. The smallest absolute Gasteiger partial charge is 0.253 e. The van der Waals surface area contributed by atoms with Crippen molar-refractivity contribution in [1.29, 1.82) is 0 Å². The summed E-state index contributed by atoms with van der Waals surface area (Å²) < 4.78 is 38.5. The molecule has 0 bridgehead atoms. The van der Waals surface area contributed by atoms with Gasteiger partial charge >= 0.3 is 0 Å². The predicted molar refractivity (Wildman–Crippen MR) is 115 cm³/mol. The molecule has 1 amide bonds. The number of nitrogens with one attached hydrogen (secondary N) is 1. The molecule has 3 rings (SSSR count). The van der Waals surface area contributed by atoms with Gasteiger partial charge in [-0.05, 0) is 57.0 Å². The van der Waals surface area contributed by atoms with E-state index in [1.165, 1.54) is 4.31 Å².